The lowest BCUT2D eigenvalue weighted by Crippen LogP contribution is -2.37. The smallest absolute Gasteiger partial charge is 0.150 e. The molecular weight excluding hydrogens is 331 g/mol. The second kappa shape index (κ2) is 5.93. The lowest BCUT2D eigenvalue weighted by molar-refractivity contribution is 0.215. The van der Waals surface area contributed by atoms with Crippen LogP contribution in [0.2, 0.25) is 15.1 Å². The summed E-state index contributed by atoms with van der Waals surface area (Å²) in [5.41, 5.74) is 8.13. The topological polar surface area (TPSA) is 47.3 Å². The fraction of sp³-hybridized carbons (Fsp3) is 0.200. The van der Waals surface area contributed by atoms with Crippen LogP contribution in [0.15, 0.2) is 30.3 Å². The number of ether oxygens (including phenoxy) is 1. The molecule has 0 bridgehead atoms. The molecule has 0 saturated heterocycles. The number of benzene rings is 2. The van der Waals surface area contributed by atoms with Gasteiger partial charge in [-0.2, -0.15) is 0 Å². The molecule has 0 unspecified atom stereocenters. The number of nitrogens with one attached hydrogen (secondary N) is 1. The van der Waals surface area contributed by atoms with Gasteiger partial charge in [0.25, 0.3) is 0 Å². The van der Waals surface area contributed by atoms with Crippen molar-refractivity contribution in [3.05, 3.63) is 45.4 Å². The molecule has 1 aliphatic heterocycles. The molecule has 1 aliphatic rings. The Morgan fingerprint density at radius 2 is 1.90 bits per heavy atom. The van der Waals surface area contributed by atoms with Crippen molar-refractivity contribution in [1.29, 1.82) is 0 Å². The van der Waals surface area contributed by atoms with E-state index in [1.54, 1.807) is 12.1 Å². The first-order chi connectivity index (χ1) is 10.1. The van der Waals surface area contributed by atoms with Crippen LogP contribution in [0.1, 0.15) is 0 Å². The summed E-state index contributed by atoms with van der Waals surface area (Å²) in [6, 6.07) is 9.12. The van der Waals surface area contributed by atoms with Crippen molar-refractivity contribution >= 4 is 40.5 Å². The summed E-state index contributed by atoms with van der Waals surface area (Å²) >= 11 is 18.6. The number of nitrogens with two attached hydrogens (primary N) is 1. The van der Waals surface area contributed by atoms with E-state index in [9.17, 15) is 0 Å². The zero-order valence-electron chi connectivity index (χ0n) is 11.0. The maximum Gasteiger partial charge on any atom is 0.150 e. The van der Waals surface area contributed by atoms with Gasteiger partial charge >= 0.3 is 0 Å². The Kier molecular flexibility index (Phi) is 4.18. The van der Waals surface area contributed by atoms with Gasteiger partial charge in [0.05, 0.1) is 22.3 Å². The first-order valence-corrected chi connectivity index (χ1v) is 7.62. The maximum absolute atomic E-state index is 6.31. The van der Waals surface area contributed by atoms with Gasteiger partial charge in [0.15, 0.2) is 5.75 Å². The molecular formula is C15H13Cl3N2O. The van der Waals surface area contributed by atoms with Crippen molar-refractivity contribution < 1.29 is 4.74 Å². The quantitative estimate of drug-likeness (QED) is 0.847. The Morgan fingerprint density at radius 3 is 2.57 bits per heavy atom. The molecule has 2 aromatic carbocycles. The summed E-state index contributed by atoms with van der Waals surface area (Å²) in [5, 5.41) is 4.78. The predicted molar refractivity (Wildman–Crippen MR) is 88.9 cm³/mol. The molecule has 0 radical (unpaired) electrons. The van der Waals surface area contributed by atoms with Crippen LogP contribution in [0.4, 0.5) is 5.69 Å². The molecule has 0 fully saturated rings. The van der Waals surface area contributed by atoms with E-state index >= 15 is 0 Å². The van der Waals surface area contributed by atoms with Crippen LogP contribution in [0.3, 0.4) is 0 Å². The maximum atomic E-state index is 6.31. The van der Waals surface area contributed by atoms with Gasteiger partial charge in [-0.15, -0.1) is 0 Å². The number of hydrogen-bond acceptors (Lipinski definition) is 3. The third-order valence-corrected chi connectivity index (χ3v) is 4.17. The van der Waals surface area contributed by atoms with Crippen LogP contribution < -0.4 is 15.8 Å². The van der Waals surface area contributed by atoms with E-state index < -0.39 is 0 Å². The Bertz CT molecular complexity index is 668. The summed E-state index contributed by atoms with van der Waals surface area (Å²) < 4.78 is 5.97. The van der Waals surface area contributed by atoms with Crippen molar-refractivity contribution in [2.75, 3.05) is 18.4 Å². The number of para-hydroxylation sites is 1. The summed E-state index contributed by atoms with van der Waals surface area (Å²) in [6.07, 6.45) is -0.0801. The third kappa shape index (κ3) is 2.79. The molecule has 0 spiro atoms. The van der Waals surface area contributed by atoms with Gasteiger partial charge in [0.1, 0.15) is 6.10 Å². The summed E-state index contributed by atoms with van der Waals surface area (Å²) in [6.45, 7) is 1.11. The van der Waals surface area contributed by atoms with E-state index in [0.29, 0.717) is 39.5 Å². The predicted octanol–water partition coefficient (Wildman–Crippen LogP) is 4.45. The molecule has 3 rings (SSSR count). The number of halogens is 3. The van der Waals surface area contributed by atoms with E-state index in [2.05, 4.69) is 5.32 Å². The Balaban J connectivity index is 2.17. The van der Waals surface area contributed by atoms with Crippen LogP contribution >= 0.6 is 34.8 Å². The first kappa shape index (κ1) is 14.8. The van der Waals surface area contributed by atoms with Gasteiger partial charge in [0, 0.05) is 22.7 Å². The molecule has 0 amide bonds. The lowest BCUT2D eigenvalue weighted by atomic mass is 10.0. The second-order valence-corrected chi connectivity index (χ2v) is 6.03. The van der Waals surface area contributed by atoms with Crippen molar-refractivity contribution in [3.63, 3.8) is 0 Å². The highest BCUT2D eigenvalue weighted by molar-refractivity contribution is 6.42. The molecule has 2 aromatic rings. The summed E-state index contributed by atoms with van der Waals surface area (Å²) in [4.78, 5) is 0. The van der Waals surface area contributed by atoms with Crippen molar-refractivity contribution in [1.82, 2.24) is 0 Å². The van der Waals surface area contributed by atoms with Gasteiger partial charge in [-0.3, -0.25) is 0 Å². The zero-order valence-corrected chi connectivity index (χ0v) is 13.3. The molecule has 0 saturated carbocycles. The molecule has 1 atom stereocenters. The van der Waals surface area contributed by atoms with E-state index in [1.165, 1.54) is 0 Å². The Hall–Kier alpha value is -1.13. The standard InChI is InChI=1S/C15H13Cl3N2O/c16-8-4-11(17)14(12(18)5-8)10-2-1-3-13-15(10)21-9(6-19)7-20-13/h1-5,9,20H,6-7,19H2/t9-/m0/s1. The first-order valence-electron chi connectivity index (χ1n) is 6.48. The highest BCUT2D eigenvalue weighted by atomic mass is 35.5. The van der Waals surface area contributed by atoms with Gasteiger partial charge < -0.3 is 15.8 Å². The molecule has 0 aromatic heterocycles. The minimum absolute atomic E-state index is 0.0801. The van der Waals surface area contributed by atoms with Crippen LogP contribution in [0.5, 0.6) is 5.75 Å². The monoisotopic (exact) mass is 342 g/mol. The van der Waals surface area contributed by atoms with Crippen LogP contribution in [0, 0.1) is 0 Å². The molecule has 21 heavy (non-hydrogen) atoms. The molecule has 1 heterocycles. The third-order valence-electron chi connectivity index (χ3n) is 3.36. The van der Waals surface area contributed by atoms with Crippen LogP contribution in [-0.4, -0.2) is 19.2 Å². The van der Waals surface area contributed by atoms with Gasteiger partial charge in [-0.25, -0.2) is 0 Å². The van der Waals surface area contributed by atoms with Crippen LogP contribution in [0.25, 0.3) is 11.1 Å². The van der Waals surface area contributed by atoms with Crippen LogP contribution in [-0.2, 0) is 0 Å². The van der Waals surface area contributed by atoms with Crippen molar-refractivity contribution in [3.8, 4) is 16.9 Å². The number of hydrogen-bond donors (Lipinski definition) is 2. The number of anilines is 1. The molecule has 3 nitrogen and oxygen atoms in total. The highest BCUT2D eigenvalue weighted by Gasteiger charge is 2.23. The SMILES string of the molecule is NC[C@H]1CNc2cccc(-c3c(Cl)cc(Cl)cc3Cl)c2O1. The van der Waals surface area contributed by atoms with E-state index in [4.69, 9.17) is 45.3 Å². The highest BCUT2D eigenvalue weighted by Crippen LogP contribution is 2.45. The average Bonchev–Trinajstić information content (AvgIpc) is 2.46. The minimum Gasteiger partial charge on any atom is -0.484 e. The van der Waals surface area contributed by atoms with E-state index in [1.807, 2.05) is 18.2 Å². The van der Waals surface area contributed by atoms with E-state index in [-0.39, 0.29) is 6.10 Å². The molecule has 6 heteroatoms. The van der Waals surface area contributed by atoms with Crippen molar-refractivity contribution in [2.45, 2.75) is 6.10 Å². The number of rotatable bonds is 2. The fourth-order valence-corrected chi connectivity index (χ4v) is 3.38. The van der Waals surface area contributed by atoms with Gasteiger partial charge in [-0.1, -0.05) is 46.9 Å². The van der Waals surface area contributed by atoms with Crippen molar-refractivity contribution in [2.24, 2.45) is 5.73 Å². The summed E-state index contributed by atoms with van der Waals surface area (Å²) in [5.74, 6) is 0.713. The Morgan fingerprint density at radius 1 is 1.19 bits per heavy atom. The molecule has 0 aliphatic carbocycles. The fourth-order valence-electron chi connectivity index (χ4n) is 2.36. The number of fused-ring (bicyclic) bond motifs is 1. The van der Waals surface area contributed by atoms with Gasteiger partial charge in [-0.05, 0) is 18.2 Å². The largest absolute Gasteiger partial charge is 0.484 e. The zero-order chi connectivity index (χ0) is 15.0. The van der Waals surface area contributed by atoms with E-state index in [0.717, 1.165) is 11.3 Å². The lowest BCUT2D eigenvalue weighted by Gasteiger charge is -2.28. The average molecular weight is 344 g/mol. The second-order valence-electron chi connectivity index (χ2n) is 4.78. The Labute approximate surface area is 137 Å². The van der Waals surface area contributed by atoms with Gasteiger partial charge in [0.2, 0.25) is 0 Å². The minimum atomic E-state index is -0.0801. The molecule has 110 valence electrons. The normalized spacial score (nSPS) is 16.9. The summed E-state index contributed by atoms with van der Waals surface area (Å²) in [7, 11) is 0. The molecule has 3 N–H and O–H groups in total.